The minimum absolute atomic E-state index is 0.0956. The minimum Gasteiger partial charge on any atom is -0.494 e. The second-order valence-electron chi connectivity index (χ2n) is 6.22. The van der Waals surface area contributed by atoms with Gasteiger partial charge in [0, 0.05) is 0 Å². The van der Waals surface area contributed by atoms with Gasteiger partial charge in [0.1, 0.15) is 12.3 Å². The molecular formula is C20H22N2O5S2. The SMILES string of the molecule is CCOC(=O)Cn1c(=NS(=O)(=O)c2ccc(C)cc2)sc2cc(OCC)ccc21. The van der Waals surface area contributed by atoms with Gasteiger partial charge in [-0.15, -0.1) is 4.40 Å². The molecule has 0 amide bonds. The van der Waals surface area contributed by atoms with Crippen molar-refractivity contribution in [2.75, 3.05) is 13.2 Å². The Hall–Kier alpha value is -2.65. The summed E-state index contributed by atoms with van der Waals surface area (Å²) in [5, 5.41) is 0. The summed E-state index contributed by atoms with van der Waals surface area (Å²) in [7, 11) is -3.94. The summed E-state index contributed by atoms with van der Waals surface area (Å²) in [5.41, 5.74) is 1.64. The number of hydrogen-bond acceptors (Lipinski definition) is 6. The van der Waals surface area contributed by atoms with Gasteiger partial charge in [-0.05, 0) is 51.1 Å². The molecule has 1 aromatic heterocycles. The molecule has 2 aromatic carbocycles. The van der Waals surface area contributed by atoms with Gasteiger partial charge in [-0.25, -0.2) is 0 Å². The van der Waals surface area contributed by atoms with Crippen molar-refractivity contribution in [1.82, 2.24) is 4.57 Å². The molecule has 154 valence electrons. The topological polar surface area (TPSA) is 87.0 Å². The molecule has 0 spiro atoms. The largest absolute Gasteiger partial charge is 0.494 e. The molecule has 1 heterocycles. The fraction of sp³-hybridized carbons (Fsp3) is 0.300. The standard InChI is InChI=1S/C20H22N2O5S2/c1-4-26-15-8-11-17-18(12-15)28-20(22(17)13-19(23)27-5-2)21-29(24,25)16-9-6-14(3)7-10-16/h6-12H,4-5,13H2,1-3H3. The highest BCUT2D eigenvalue weighted by atomic mass is 32.2. The van der Waals surface area contributed by atoms with Gasteiger partial charge in [-0.3, -0.25) is 4.79 Å². The third-order valence-electron chi connectivity index (χ3n) is 4.07. The van der Waals surface area contributed by atoms with Crippen LogP contribution in [0.25, 0.3) is 10.2 Å². The van der Waals surface area contributed by atoms with Gasteiger partial charge in [0.05, 0.1) is 28.3 Å². The lowest BCUT2D eigenvalue weighted by Crippen LogP contribution is -2.23. The van der Waals surface area contributed by atoms with Crippen molar-refractivity contribution in [3.8, 4) is 5.75 Å². The zero-order valence-electron chi connectivity index (χ0n) is 16.4. The molecular weight excluding hydrogens is 412 g/mol. The van der Waals surface area contributed by atoms with Gasteiger partial charge >= 0.3 is 5.97 Å². The summed E-state index contributed by atoms with van der Waals surface area (Å²) < 4.78 is 42.5. The first kappa shape index (κ1) is 21.1. The third-order valence-corrected chi connectivity index (χ3v) is 6.51. The number of thiazole rings is 1. The second kappa shape index (κ2) is 8.79. The van der Waals surface area contributed by atoms with Gasteiger partial charge in [0.15, 0.2) is 0 Å². The zero-order chi connectivity index (χ0) is 21.0. The molecule has 0 atom stereocenters. The fourth-order valence-corrected chi connectivity index (χ4v) is 5.00. The van der Waals surface area contributed by atoms with Crippen LogP contribution in [-0.4, -0.2) is 32.2 Å². The number of esters is 1. The molecule has 0 aliphatic rings. The Labute approximate surface area is 173 Å². The van der Waals surface area contributed by atoms with Crippen LogP contribution in [0.1, 0.15) is 19.4 Å². The fourth-order valence-electron chi connectivity index (χ4n) is 2.73. The van der Waals surface area contributed by atoms with Crippen molar-refractivity contribution >= 4 is 37.5 Å². The number of carbonyl (C=O) groups excluding carboxylic acids is 1. The summed E-state index contributed by atoms with van der Waals surface area (Å²) in [5.74, 6) is 0.202. The Balaban J connectivity index is 2.17. The van der Waals surface area contributed by atoms with E-state index >= 15 is 0 Å². The maximum atomic E-state index is 12.8. The van der Waals surface area contributed by atoms with Crippen molar-refractivity contribution in [3.63, 3.8) is 0 Å². The smallest absolute Gasteiger partial charge is 0.326 e. The van der Waals surface area contributed by atoms with Crippen LogP contribution < -0.4 is 9.54 Å². The Morgan fingerprint density at radius 1 is 1.10 bits per heavy atom. The van der Waals surface area contributed by atoms with Crippen molar-refractivity contribution in [2.24, 2.45) is 4.40 Å². The summed E-state index contributed by atoms with van der Waals surface area (Å²) in [6.07, 6.45) is 0. The first-order valence-corrected chi connectivity index (χ1v) is 11.4. The van der Waals surface area contributed by atoms with E-state index in [1.165, 1.54) is 23.5 Å². The van der Waals surface area contributed by atoms with E-state index in [0.717, 1.165) is 10.3 Å². The second-order valence-corrected chi connectivity index (χ2v) is 8.83. The molecule has 3 rings (SSSR count). The maximum Gasteiger partial charge on any atom is 0.326 e. The van der Waals surface area contributed by atoms with Crippen LogP contribution in [-0.2, 0) is 26.1 Å². The summed E-state index contributed by atoms with van der Waals surface area (Å²) in [6, 6.07) is 11.8. The Morgan fingerprint density at radius 2 is 1.83 bits per heavy atom. The summed E-state index contributed by atoms with van der Waals surface area (Å²) in [4.78, 5) is 12.4. The van der Waals surface area contributed by atoms with E-state index in [4.69, 9.17) is 9.47 Å². The van der Waals surface area contributed by atoms with E-state index in [0.29, 0.717) is 17.9 Å². The number of hydrogen-bond donors (Lipinski definition) is 0. The number of nitrogens with zero attached hydrogens (tertiary/aromatic N) is 2. The lowest BCUT2D eigenvalue weighted by Gasteiger charge is -2.06. The van der Waals surface area contributed by atoms with Crippen LogP contribution in [0.3, 0.4) is 0 Å². The minimum atomic E-state index is -3.94. The maximum absolute atomic E-state index is 12.8. The third kappa shape index (κ3) is 4.86. The average Bonchev–Trinajstić information content (AvgIpc) is 2.98. The molecule has 0 radical (unpaired) electrons. The molecule has 0 unspecified atom stereocenters. The van der Waals surface area contributed by atoms with Crippen molar-refractivity contribution in [1.29, 1.82) is 0 Å². The van der Waals surface area contributed by atoms with E-state index in [1.807, 2.05) is 19.9 Å². The monoisotopic (exact) mass is 434 g/mol. The molecule has 0 fully saturated rings. The van der Waals surface area contributed by atoms with E-state index in [2.05, 4.69) is 4.40 Å². The molecule has 29 heavy (non-hydrogen) atoms. The highest BCUT2D eigenvalue weighted by molar-refractivity contribution is 7.90. The number of fused-ring (bicyclic) bond motifs is 1. The van der Waals surface area contributed by atoms with Gasteiger partial charge in [-0.1, -0.05) is 29.0 Å². The number of ether oxygens (including phenoxy) is 2. The molecule has 7 nitrogen and oxygen atoms in total. The molecule has 0 saturated heterocycles. The van der Waals surface area contributed by atoms with Gasteiger partial charge in [-0.2, -0.15) is 8.42 Å². The predicted octanol–water partition coefficient (Wildman–Crippen LogP) is 3.26. The van der Waals surface area contributed by atoms with Crippen LogP contribution >= 0.6 is 11.3 Å². The molecule has 0 N–H and O–H groups in total. The zero-order valence-corrected chi connectivity index (χ0v) is 18.0. The van der Waals surface area contributed by atoms with Gasteiger partial charge in [0.25, 0.3) is 10.0 Å². The number of aryl methyl sites for hydroxylation is 1. The van der Waals surface area contributed by atoms with Crippen molar-refractivity contribution < 1.29 is 22.7 Å². The average molecular weight is 435 g/mol. The van der Waals surface area contributed by atoms with Gasteiger partial charge in [0.2, 0.25) is 4.80 Å². The first-order chi connectivity index (χ1) is 13.8. The molecule has 0 bridgehead atoms. The quantitative estimate of drug-likeness (QED) is 0.533. The van der Waals surface area contributed by atoms with E-state index in [9.17, 15) is 13.2 Å². The lowest BCUT2D eigenvalue weighted by molar-refractivity contribution is -0.143. The van der Waals surface area contributed by atoms with Crippen LogP contribution in [0, 0.1) is 6.92 Å². The number of aromatic nitrogens is 1. The molecule has 0 aliphatic heterocycles. The number of sulfonamides is 1. The highest BCUT2D eigenvalue weighted by Crippen LogP contribution is 2.24. The molecule has 0 aliphatic carbocycles. The first-order valence-electron chi connectivity index (χ1n) is 9.13. The summed E-state index contributed by atoms with van der Waals surface area (Å²) >= 11 is 1.18. The number of benzene rings is 2. The van der Waals surface area contributed by atoms with E-state index in [1.54, 1.807) is 35.8 Å². The Kier molecular flexibility index (Phi) is 6.39. The van der Waals surface area contributed by atoms with Crippen molar-refractivity contribution in [3.05, 3.63) is 52.8 Å². The van der Waals surface area contributed by atoms with E-state index in [-0.39, 0.29) is 22.8 Å². The lowest BCUT2D eigenvalue weighted by atomic mass is 10.2. The van der Waals surface area contributed by atoms with Gasteiger partial charge < -0.3 is 14.0 Å². The van der Waals surface area contributed by atoms with Crippen molar-refractivity contribution in [2.45, 2.75) is 32.2 Å². The normalized spacial score (nSPS) is 12.3. The van der Waals surface area contributed by atoms with Crippen LogP contribution in [0.2, 0.25) is 0 Å². The predicted molar refractivity (Wildman–Crippen MR) is 112 cm³/mol. The van der Waals surface area contributed by atoms with Crippen LogP contribution in [0.4, 0.5) is 0 Å². The number of carbonyl (C=O) groups is 1. The number of rotatable bonds is 7. The van der Waals surface area contributed by atoms with Crippen LogP contribution in [0.5, 0.6) is 5.75 Å². The Morgan fingerprint density at radius 3 is 2.48 bits per heavy atom. The molecule has 0 saturated carbocycles. The molecule has 9 heteroatoms. The molecule has 3 aromatic rings. The summed E-state index contributed by atoms with van der Waals surface area (Å²) in [6.45, 7) is 6.10. The highest BCUT2D eigenvalue weighted by Gasteiger charge is 2.17. The van der Waals surface area contributed by atoms with Crippen LogP contribution in [0.15, 0.2) is 51.8 Å². The van der Waals surface area contributed by atoms with E-state index < -0.39 is 16.0 Å². The Bertz CT molecular complexity index is 1190.